The first kappa shape index (κ1) is 29.6. The fraction of sp³-hybridized carbons (Fsp3) is 0.393. The first-order chi connectivity index (χ1) is 17.9. The van der Waals surface area contributed by atoms with E-state index < -0.39 is 0 Å². The van der Waals surface area contributed by atoms with Gasteiger partial charge < -0.3 is 15.5 Å². The Balaban J connectivity index is 0.00000400. The molecule has 1 aromatic heterocycles. The summed E-state index contributed by atoms with van der Waals surface area (Å²) in [7, 11) is 1.79. The van der Waals surface area contributed by atoms with Crippen LogP contribution in [0.2, 0.25) is 0 Å². The fourth-order valence-electron chi connectivity index (χ4n) is 4.40. The first-order valence-corrected chi connectivity index (χ1v) is 13.6. The van der Waals surface area contributed by atoms with Crippen LogP contribution in [-0.4, -0.2) is 71.5 Å². The highest BCUT2D eigenvalue weighted by molar-refractivity contribution is 7.13. The molecule has 204 valence electrons. The second-order valence-corrected chi connectivity index (χ2v) is 10.2. The van der Waals surface area contributed by atoms with Gasteiger partial charge in [0.05, 0.1) is 6.54 Å². The minimum absolute atomic E-state index is 0. The third-order valence-corrected chi connectivity index (χ3v) is 7.63. The van der Waals surface area contributed by atoms with E-state index in [0.717, 1.165) is 34.1 Å². The smallest absolute Gasteiger partial charge is 0.256 e. The van der Waals surface area contributed by atoms with Crippen LogP contribution in [0.15, 0.2) is 47.8 Å². The van der Waals surface area contributed by atoms with Crippen molar-refractivity contribution in [2.24, 2.45) is 0 Å². The van der Waals surface area contributed by atoms with Crippen molar-refractivity contribution in [2.75, 3.05) is 45.1 Å². The van der Waals surface area contributed by atoms with Crippen LogP contribution < -0.4 is 10.6 Å². The molecule has 2 N–H and O–H groups in total. The van der Waals surface area contributed by atoms with Gasteiger partial charge in [-0.1, -0.05) is 31.2 Å². The molecule has 4 rings (SSSR count). The lowest BCUT2D eigenvalue weighted by Crippen LogP contribution is -2.49. The SMILES string of the molecule is CCNCCN(CC(=O)N(C)N1Cc2ccccc2C1)C(=O)CNc1ccc(-c2nc(C)cs2)cc1C.Cl. The third-order valence-electron chi connectivity index (χ3n) is 6.62. The number of hydrogen-bond donors (Lipinski definition) is 2. The van der Waals surface area contributed by atoms with E-state index in [2.05, 4.69) is 33.8 Å². The summed E-state index contributed by atoms with van der Waals surface area (Å²) in [5, 5.41) is 13.2. The summed E-state index contributed by atoms with van der Waals surface area (Å²) < 4.78 is 0. The molecule has 0 saturated carbocycles. The van der Waals surface area contributed by atoms with Gasteiger partial charge in [-0.3, -0.25) is 14.6 Å². The number of fused-ring (bicyclic) bond motifs is 1. The average Bonchev–Trinajstić information content (AvgIpc) is 3.53. The molecule has 38 heavy (non-hydrogen) atoms. The molecule has 0 saturated heterocycles. The van der Waals surface area contributed by atoms with Crippen LogP contribution in [-0.2, 0) is 22.7 Å². The van der Waals surface area contributed by atoms with Crippen LogP contribution in [0.5, 0.6) is 0 Å². The van der Waals surface area contributed by atoms with Crippen LogP contribution in [0.4, 0.5) is 5.69 Å². The van der Waals surface area contributed by atoms with Crippen molar-refractivity contribution in [3.8, 4) is 10.6 Å². The minimum atomic E-state index is -0.108. The maximum atomic E-state index is 13.2. The number of benzene rings is 2. The lowest BCUT2D eigenvalue weighted by molar-refractivity contribution is -0.151. The Labute approximate surface area is 235 Å². The second-order valence-electron chi connectivity index (χ2n) is 9.35. The van der Waals surface area contributed by atoms with Gasteiger partial charge in [-0.25, -0.2) is 9.99 Å². The maximum Gasteiger partial charge on any atom is 0.256 e. The Morgan fingerprint density at radius 1 is 1.08 bits per heavy atom. The summed E-state index contributed by atoms with van der Waals surface area (Å²) in [6.45, 7) is 9.50. The number of thiazole rings is 1. The second kappa shape index (κ2) is 13.7. The van der Waals surface area contributed by atoms with E-state index in [-0.39, 0.29) is 37.3 Å². The maximum absolute atomic E-state index is 13.2. The molecule has 1 aliphatic heterocycles. The summed E-state index contributed by atoms with van der Waals surface area (Å²) in [5.74, 6) is -0.208. The number of aromatic nitrogens is 1. The van der Waals surface area contributed by atoms with Crippen LogP contribution in [0.25, 0.3) is 10.6 Å². The molecule has 2 amide bonds. The fourth-order valence-corrected chi connectivity index (χ4v) is 5.19. The van der Waals surface area contributed by atoms with Gasteiger partial charge >= 0.3 is 0 Å². The normalized spacial score (nSPS) is 12.5. The van der Waals surface area contributed by atoms with Crippen molar-refractivity contribution >= 4 is 41.2 Å². The molecule has 8 nitrogen and oxygen atoms in total. The summed E-state index contributed by atoms with van der Waals surface area (Å²) in [6, 6.07) is 14.3. The van der Waals surface area contributed by atoms with Gasteiger partial charge in [-0.2, -0.15) is 0 Å². The Morgan fingerprint density at radius 3 is 2.39 bits per heavy atom. The third kappa shape index (κ3) is 7.32. The number of rotatable bonds is 11. The van der Waals surface area contributed by atoms with E-state index in [4.69, 9.17) is 0 Å². The van der Waals surface area contributed by atoms with E-state index in [1.165, 1.54) is 11.1 Å². The van der Waals surface area contributed by atoms with Crippen molar-refractivity contribution in [1.82, 2.24) is 25.2 Å². The number of nitrogens with zero attached hydrogens (tertiary/aromatic N) is 4. The molecule has 0 spiro atoms. The number of carbonyl (C=O) groups excluding carboxylic acids is 2. The Hall–Kier alpha value is -2.98. The molecule has 0 unspecified atom stereocenters. The predicted octanol–water partition coefficient (Wildman–Crippen LogP) is 4.09. The molecular formula is C28H37ClN6O2S. The highest BCUT2D eigenvalue weighted by Crippen LogP contribution is 2.27. The quantitative estimate of drug-likeness (QED) is 0.346. The number of anilines is 1. The highest BCUT2D eigenvalue weighted by Gasteiger charge is 2.27. The highest BCUT2D eigenvalue weighted by atomic mass is 35.5. The van der Waals surface area contributed by atoms with Crippen LogP contribution >= 0.6 is 23.7 Å². The Morgan fingerprint density at radius 2 is 1.79 bits per heavy atom. The molecular weight excluding hydrogens is 520 g/mol. The summed E-state index contributed by atoms with van der Waals surface area (Å²) >= 11 is 1.62. The lowest BCUT2D eigenvalue weighted by Gasteiger charge is -2.31. The number of likely N-dealkylation sites (N-methyl/N-ethyl adjacent to an activating group) is 2. The zero-order chi connectivity index (χ0) is 26.4. The largest absolute Gasteiger partial charge is 0.376 e. The van der Waals surface area contributed by atoms with E-state index in [9.17, 15) is 9.59 Å². The molecule has 0 radical (unpaired) electrons. The van der Waals surface area contributed by atoms with Gasteiger partial charge in [-0.05, 0) is 55.3 Å². The first-order valence-electron chi connectivity index (χ1n) is 12.7. The number of hydrogen-bond acceptors (Lipinski definition) is 7. The number of nitrogens with one attached hydrogen (secondary N) is 2. The molecule has 10 heteroatoms. The zero-order valence-corrected chi connectivity index (χ0v) is 24.1. The van der Waals surface area contributed by atoms with Gasteiger partial charge in [0.1, 0.15) is 11.6 Å². The number of hydrazine groups is 1. The van der Waals surface area contributed by atoms with Gasteiger partial charge in [-0.15, -0.1) is 23.7 Å². The molecule has 1 aliphatic rings. The number of halogens is 1. The van der Waals surface area contributed by atoms with Crippen LogP contribution in [0.1, 0.15) is 29.3 Å². The lowest BCUT2D eigenvalue weighted by atomic mass is 10.1. The number of amides is 2. The van der Waals surface area contributed by atoms with Crippen LogP contribution in [0, 0.1) is 13.8 Å². The minimum Gasteiger partial charge on any atom is -0.376 e. The van der Waals surface area contributed by atoms with Crippen molar-refractivity contribution in [2.45, 2.75) is 33.9 Å². The number of aryl methyl sites for hydroxylation is 2. The zero-order valence-electron chi connectivity index (χ0n) is 22.5. The van der Waals surface area contributed by atoms with Gasteiger partial charge in [0.15, 0.2) is 0 Å². The van der Waals surface area contributed by atoms with Gasteiger partial charge in [0, 0.05) is 55.6 Å². The van der Waals surface area contributed by atoms with E-state index in [0.29, 0.717) is 26.2 Å². The molecule has 0 aliphatic carbocycles. The molecule has 2 heterocycles. The van der Waals surface area contributed by atoms with Crippen molar-refractivity contribution in [3.63, 3.8) is 0 Å². The van der Waals surface area contributed by atoms with Gasteiger partial charge in [0.25, 0.3) is 5.91 Å². The summed E-state index contributed by atoms with van der Waals surface area (Å²) in [4.78, 5) is 32.6. The van der Waals surface area contributed by atoms with Crippen molar-refractivity contribution < 1.29 is 9.59 Å². The molecule has 2 aromatic carbocycles. The molecule has 0 atom stereocenters. The molecule has 3 aromatic rings. The van der Waals surface area contributed by atoms with E-state index in [1.54, 1.807) is 28.3 Å². The van der Waals surface area contributed by atoms with Crippen molar-refractivity contribution in [3.05, 3.63) is 70.2 Å². The predicted molar refractivity (Wildman–Crippen MR) is 156 cm³/mol. The summed E-state index contributed by atoms with van der Waals surface area (Å²) in [6.07, 6.45) is 0. The molecule has 0 fully saturated rings. The number of carbonyl (C=O) groups is 2. The van der Waals surface area contributed by atoms with Crippen molar-refractivity contribution in [1.29, 1.82) is 0 Å². The van der Waals surface area contributed by atoms with Gasteiger partial charge in [0.2, 0.25) is 5.91 Å². The average molecular weight is 557 g/mol. The topological polar surface area (TPSA) is 80.8 Å². The van der Waals surface area contributed by atoms with E-state index in [1.807, 2.05) is 55.4 Å². The van der Waals surface area contributed by atoms with E-state index >= 15 is 0 Å². The monoisotopic (exact) mass is 556 g/mol. The summed E-state index contributed by atoms with van der Waals surface area (Å²) in [5.41, 5.74) is 6.49. The van der Waals surface area contributed by atoms with Crippen LogP contribution in [0.3, 0.4) is 0 Å². The molecule has 0 bridgehead atoms. The standard InChI is InChI=1S/C28H36N6O2S.ClH/c1-5-29-12-13-33(18-27(36)32(4)34-16-23-8-6-7-9-24(23)17-34)26(35)15-30-25-11-10-22(14-20(25)2)28-31-21(3)19-37-28;/h6-11,14,19,29-30H,5,12-13,15-18H2,1-4H3;1H. The Kier molecular flexibility index (Phi) is 10.7. The Bertz CT molecular complexity index is 1220.